The molecule has 1 aliphatic heterocycles. The molecule has 32 heavy (non-hydrogen) atoms. The van der Waals surface area contributed by atoms with Gasteiger partial charge in [-0.3, -0.25) is 9.59 Å². The highest BCUT2D eigenvalue weighted by atomic mass is 35.5. The molecule has 0 radical (unpaired) electrons. The number of benzene rings is 2. The highest BCUT2D eigenvalue weighted by Crippen LogP contribution is 2.40. The number of halogens is 1. The Kier molecular flexibility index (Phi) is 7.59. The molecule has 3 rings (SSSR count). The first-order valence-electron chi connectivity index (χ1n) is 10.5. The first-order chi connectivity index (χ1) is 15.3. The summed E-state index contributed by atoms with van der Waals surface area (Å²) in [6, 6.07) is 11.8. The van der Waals surface area contributed by atoms with Gasteiger partial charge in [0.1, 0.15) is 11.5 Å². The average Bonchev–Trinajstić information content (AvgIpc) is 3.03. The fraction of sp³-hybridized carbons (Fsp3) is 0.360. The maximum absolute atomic E-state index is 13.0. The zero-order chi connectivity index (χ0) is 23.4. The Morgan fingerprint density at radius 1 is 1.12 bits per heavy atom. The largest absolute Gasteiger partial charge is 0.507 e. The SMILES string of the molecule is COCCCN1C(=O)C(=O)/C(=C(\O)c2ccc(OC)c(Cl)c2)C1c1ccc(C(C)C)cc1. The molecule has 1 atom stereocenters. The molecule has 0 saturated carbocycles. The van der Waals surface area contributed by atoms with Crippen LogP contribution in [0.4, 0.5) is 0 Å². The highest BCUT2D eigenvalue weighted by molar-refractivity contribution is 6.46. The maximum atomic E-state index is 13.0. The lowest BCUT2D eigenvalue weighted by Gasteiger charge is -2.25. The number of aliphatic hydroxyl groups is 1. The lowest BCUT2D eigenvalue weighted by molar-refractivity contribution is -0.140. The summed E-state index contributed by atoms with van der Waals surface area (Å²) in [5.41, 5.74) is 2.29. The van der Waals surface area contributed by atoms with Gasteiger partial charge in [0.15, 0.2) is 0 Å². The number of hydrogen-bond acceptors (Lipinski definition) is 5. The van der Waals surface area contributed by atoms with E-state index in [-0.39, 0.29) is 11.3 Å². The summed E-state index contributed by atoms with van der Waals surface area (Å²) in [4.78, 5) is 27.5. The van der Waals surface area contributed by atoms with E-state index in [0.717, 1.165) is 11.1 Å². The molecule has 1 N–H and O–H groups in total. The quantitative estimate of drug-likeness (QED) is 0.263. The van der Waals surface area contributed by atoms with Gasteiger partial charge in [-0.2, -0.15) is 0 Å². The number of carbonyl (C=O) groups is 2. The van der Waals surface area contributed by atoms with Crippen LogP contribution in [0.1, 0.15) is 48.9 Å². The topological polar surface area (TPSA) is 76.1 Å². The molecule has 1 amide bonds. The van der Waals surface area contributed by atoms with E-state index in [9.17, 15) is 14.7 Å². The summed E-state index contributed by atoms with van der Waals surface area (Å²) < 4.78 is 10.3. The van der Waals surface area contributed by atoms with E-state index in [2.05, 4.69) is 13.8 Å². The van der Waals surface area contributed by atoms with E-state index in [4.69, 9.17) is 21.1 Å². The minimum absolute atomic E-state index is 0.0472. The number of hydrogen-bond donors (Lipinski definition) is 1. The Morgan fingerprint density at radius 3 is 2.38 bits per heavy atom. The van der Waals surface area contributed by atoms with Gasteiger partial charge in [0.05, 0.1) is 23.7 Å². The molecule has 2 aromatic rings. The molecule has 1 unspecified atom stereocenters. The standard InChI is InChI=1S/C25H28ClNO5/c1-15(2)16-6-8-17(9-7-16)22-21(24(29)25(30)27(22)12-5-13-31-3)23(28)18-10-11-20(32-4)19(26)14-18/h6-11,14-15,22,28H,5,12-13H2,1-4H3/b23-21-. The molecule has 6 nitrogen and oxygen atoms in total. The third-order valence-electron chi connectivity index (χ3n) is 5.63. The normalized spacial score (nSPS) is 17.9. The Hall–Kier alpha value is -2.83. The fourth-order valence-corrected chi connectivity index (χ4v) is 4.13. The van der Waals surface area contributed by atoms with Crippen LogP contribution >= 0.6 is 11.6 Å². The van der Waals surface area contributed by atoms with Crippen LogP contribution in [0.15, 0.2) is 48.0 Å². The van der Waals surface area contributed by atoms with Crippen LogP contribution in [0.25, 0.3) is 5.76 Å². The monoisotopic (exact) mass is 457 g/mol. The van der Waals surface area contributed by atoms with Crippen LogP contribution in [-0.4, -0.2) is 49.1 Å². The van der Waals surface area contributed by atoms with E-state index in [1.54, 1.807) is 19.2 Å². The van der Waals surface area contributed by atoms with Crippen molar-refractivity contribution in [2.75, 3.05) is 27.4 Å². The van der Waals surface area contributed by atoms with Gasteiger partial charge >= 0.3 is 0 Å². The van der Waals surface area contributed by atoms with Crippen molar-refractivity contribution in [2.24, 2.45) is 0 Å². The average molecular weight is 458 g/mol. The Balaban J connectivity index is 2.12. The van der Waals surface area contributed by atoms with E-state index < -0.39 is 17.7 Å². The third kappa shape index (κ3) is 4.66. The van der Waals surface area contributed by atoms with Gasteiger partial charge in [0.25, 0.3) is 11.7 Å². The van der Waals surface area contributed by atoms with Crippen LogP contribution in [-0.2, 0) is 14.3 Å². The van der Waals surface area contributed by atoms with Crippen LogP contribution in [0, 0.1) is 0 Å². The number of aliphatic hydroxyl groups excluding tert-OH is 1. The van der Waals surface area contributed by atoms with Crippen molar-refractivity contribution in [1.82, 2.24) is 4.90 Å². The van der Waals surface area contributed by atoms with Gasteiger partial charge in [0, 0.05) is 25.8 Å². The Morgan fingerprint density at radius 2 is 1.81 bits per heavy atom. The number of nitrogens with zero attached hydrogens (tertiary/aromatic N) is 1. The fourth-order valence-electron chi connectivity index (χ4n) is 3.87. The maximum Gasteiger partial charge on any atom is 0.295 e. The molecule has 0 aromatic heterocycles. The van der Waals surface area contributed by atoms with Crippen molar-refractivity contribution in [3.8, 4) is 5.75 Å². The van der Waals surface area contributed by atoms with Crippen LogP contribution in [0.2, 0.25) is 5.02 Å². The molecule has 1 heterocycles. The van der Waals surface area contributed by atoms with Gasteiger partial charge in [0.2, 0.25) is 0 Å². The van der Waals surface area contributed by atoms with Crippen LogP contribution < -0.4 is 4.74 Å². The zero-order valence-corrected chi connectivity index (χ0v) is 19.5. The second-order valence-corrected chi connectivity index (χ2v) is 8.42. The number of carbonyl (C=O) groups excluding carboxylic acids is 2. The number of ketones is 1. The lowest BCUT2D eigenvalue weighted by atomic mass is 9.93. The molecule has 1 aliphatic rings. The molecule has 0 bridgehead atoms. The van der Waals surface area contributed by atoms with Gasteiger partial charge in [-0.15, -0.1) is 0 Å². The molecule has 1 saturated heterocycles. The van der Waals surface area contributed by atoms with Gasteiger partial charge in [-0.05, 0) is 41.7 Å². The molecule has 0 aliphatic carbocycles. The van der Waals surface area contributed by atoms with Crippen molar-refractivity contribution in [3.05, 3.63) is 69.8 Å². The summed E-state index contributed by atoms with van der Waals surface area (Å²) in [6.07, 6.45) is 0.568. The molecule has 0 spiro atoms. The number of Topliss-reactive ketones (excluding diaryl/α,β-unsaturated/α-hetero) is 1. The molecule has 1 fully saturated rings. The van der Waals surface area contributed by atoms with Crippen LogP contribution in [0.5, 0.6) is 5.75 Å². The summed E-state index contributed by atoms with van der Waals surface area (Å²) in [6.45, 7) is 4.98. The van der Waals surface area contributed by atoms with Crippen LogP contribution in [0.3, 0.4) is 0 Å². The van der Waals surface area contributed by atoms with Gasteiger partial charge in [-0.1, -0.05) is 49.7 Å². The lowest BCUT2D eigenvalue weighted by Crippen LogP contribution is -2.31. The van der Waals surface area contributed by atoms with E-state index in [1.807, 2.05) is 24.3 Å². The number of amides is 1. The molecular formula is C25H28ClNO5. The highest BCUT2D eigenvalue weighted by Gasteiger charge is 2.45. The van der Waals surface area contributed by atoms with Crippen molar-refractivity contribution in [3.63, 3.8) is 0 Å². The summed E-state index contributed by atoms with van der Waals surface area (Å²) in [5, 5.41) is 11.4. The first kappa shape index (κ1) is 23.8. The van der Waals surface area contributed by atoms with Crippen molar-refractivity contribution in [1.29, 1.82) is 0 Å². The third-order valence-corrected chi connectivity index (χ3v) is 5.93. The number of ether oxygens (including phenoxy) is 2. The van der Waals surface area contributed by atoms with Gasteiger partial charge < -0.3 is 19.5 Å². The number of likely N-dealkylation sites (tertiary alicyclic amines) is 1. The Labute approximate surface area is 193 Å². The Bertz CT molecular complexity index is 1030. The summed E-state index contributed by atoms with van der Waals surface area (Å²) >= 11 is 6.22. The predicted octanol–water partition coefficient (Wildman–Crippen LogP) is 4.93. The number of methoxy groups -OCH3 is 2. The second kappa shape index (κ2) is 10.2. The summed E-state index contributed by atoms with van der Waals surface area (Å²) in [5.74, 6) is -0.826. The van der Waals surface area contributed by atoms with E-state index in [1.165, 1.54) is 18.1 Å². The second-order valence-electron chi connectivity index (χ2n) is 8.01. The first-order valence-corrected chi connectivity index (χ1v) is 10.9. The minimum atomic E-state index is -0.718. The van der Waals surface area contributed by atoms with Crippen molar-refractivity contribution in [2.45, 2.75) is 32.2 Å². The molecule has 170 valence electrons. The smallest absolute Gasteiger partial charge is 0.295 e. The van der Waals surface area contributed by atoms with Gasteiger partial charge in [-0.25, -0.2) is 0 Å². The molecular weight excluding hydrogens is 430 g/mol. The number of rotatable bonds is 8. The minimum Gasteiger partial charge on any atom is -0.507 e. The zero-order valence-electron chi connectivity index (χ0n) is 18.7. The van der Waals surface area contributed by atoms with Crippen molar-refractivity contribution >= 4 is 29.1 Å². The predicted molar refractivity (Wildman–Crippen MR) is 124 cm³/mol. The van der Waals surface area contributed by atoms with Crippen molar-refractivity contribution < 1.29 is 24.2 Å². The summed E-state index contributed by atoms with van der Waals surface area (Å²) in [7, 11) is 3.08. The van der Waals surface area contributed by atoms with E-state index >= 15 is 0 Å². The van der Waals surface area contributed by atoms with E-state index in [0.29, 0.717) is 41.8 Å². The molecule has 7 heteroatoms. The molecule has 2 aromatic carbocycles.